The Labute approximate surface area is 135 Å². The summed E-state index contributed by atoms with van der Waals surface area (Å²) in [4.78, 5) is 24.4. The zero-order valence-corrected chi connectivity index (χ0v) is 12.5. The van der Waals surface area contributed by atoms with Crippen molar-refractivity contribution in [2.75, 3.05) is 6.54 Å². The normalized spacial score (nSPS) is 22.5. The molecule has 24 heavy (non-hydrogen) atoms. The number of carbonyl (C=O) groups is 2. The fraction of sp³-hybridized carbons (Fsp3) is 0.467. The van der Waals surface area contributed by atoms with Gasteiger partial charge in [-0.15, -0.1) is 0 Å². The van der Waals surface area contributed by atoms with Crippen molar-refractivity contribution in [1.82, 2.24) is 4.90 Å². The fourth-order valence-corrected chi connectivity index (χ4v) is 2.68. The number of aliphatic hydroxyl groups is 1. The first-order valence-corrected chi connectivity index (χ1v) is 7.22. The molecule has 0 bridgehead atoms. The molecule has 1 amide bonds. The first-order chi connectivity index (χ1) is 11.1. The number of halogens is 3. The predicted molar refractivity (Wildman–Crippen MR) is 76.9 cm³/mol. The van der Waals surface area contributed by atoms with Crippen molar-refractivity contribution in [3.05, 3.63) is 35.4 Å². The van der Waals surface area contributed by atoms with Crippen LogP contribution in [0.1, 0.15) is 17.5 Å². The number of nitrogens with two attached hydrogens (primary N) is 1. The Morgan fingerprint density at radius 1 is 1.29 bits per heavy atom. The van der Waals surface area contributed by atoms with Crippen LogP contribution in [0.2, 0.25) is 0 Å². The Morgan fingerprint density at radius 2 is 1.88 bits per heavy atom. The van der Waals surface area contributed by atoms with Crippen LogP contribution in [-0.2, 0) is 22.2 Å². The molecular weight excluding hydrogens is 329 g/mol. The van der Waals surface area contributed by atoms with E-state index in [9.17, 15) is 27.9 Å². The highest BCUT2D eigenvalue weighted by Gasteiger charge is 2.40. The SMILES string of the molecule is NC(Cc1ccc(C(F)(F)F)cc1)C(=O)N1C[C@H](O)C[C@H]1C(=O)O. The Balaban J connectivity index is 2.05. The molecule has 132 valence electrons. The molecule has 0 spiro atoms. The lowest BCUT2D eigenvalue weighted by Crippen LogP contribution is -2.49. The summed E-state index contributed by atoms with van der Waals surface area (Å²) in [6.07, 6.45) is -5.49. The number of carbonyl (C=O) groups excluding carboxylic acids is 1. The summed E-state index contributed by atoms with van der Waals surface area (Å²) in [6.45, 7) is -0.128. The topological polar surface area (TPSA) is 104 Å². The van der Waals surface area contributed by atoms with E-state index in [4.69, 9.17) is 10.8 Å². The highest BCUT2D eigenvalue weighted by atomic mass is 19.4. The number of benzene rings is 1. The largest absolute Gasteiger partial charge is 0.480 e. The molecule has 1 aliphatic heterocycles. The third kappa shape index (κ3) is 4.04. The second-order valence-corrected chi connectivity index (χ2v) is 5.74. The van der Waals surface area contributed by atoms with Gasteiger partial charge in [-0.1, -0.05) is 12.1 Å². The average molecular weight is 346 g/mol. The number of nitrogens with zero attached hydrogens (tertiary/aromatic N) is 1. The van der Waals surface area contributed by atoms with Gasteiger partial charge in [0.25, 0.3) is 0 Å². The molecular formula is C15H17F3N2O4. The van der Waals surface area contributed by atoms with Crippen molar-refractivity contribution >= 4 is 11.9 Å². The quantitative estimate of drug-likeness (QED) is 0.742. The van der Waals surface area contributed by atoms with Crippen LogP contribution in [0.25, 0.3) is 0 Å². The Kier molecular flexibility index (Phi) is 5.14. The second-order valence-electron chi connectivity index (χ2n) is 5.74. The van der Waals surface area contributed by atoms with Gasteiger partial charge < -0.3 is 20.8 Å². The van der Waals surface area contributed by atoms with Gasteiger partial charge in [-0.2, -0.15) is 13.2 Å². The van der Waals surface area contributed by atoms with E-state index in [2.05, 4.69) is 0 Å². The molecule has 2 rings (SSSR count). The van der Waals surface area contributed by atoms with Crippen LogP contribution in [0.15, 0.2) is 24.3 Å². The van der Waals surface area contributed by atoms with Crippen LogP contribution >= 0.6 is 0 Å². The van der Waals surface area contributed by atoms with Gasteiger partial charge in [-0.3, -0.25) is 4.79 Å². The van der Waals surface area contributed by atoms with Crippen molar-refractivity contribution in [1.29, 1.82) is 0 Å². The first-order valence-electron chi connectivity index (χ1n) is 7.22. The zero-order chi connectivity index (χ0) is 18.1. The minimum absolute atomic E-state index is 0.0318. The first kappa shape index (κ1) is 18.2. The van der Waals surface area contributed by atoms with E-state index in [1.165, 1.54) is 12.1 Å². The van der Waals surface area contributed by atoms with E-state index in [1.54, 1.807) is 0 Å². The summed E-state index contributed by atoms with van der Waals surface area (Å²) in [5, 5.41) is 18.6. The van der Waals surface area contributed by atoms with Crippen LogP contribution in [0.5, 0.6) is 0 Å². The number of β-amino-alcohol motifs (C(OH)–C–C–N with tert-alkyl or cyclic N) is 1. The van der Waals surface area contributed by atoms with Gasteiger partial charge in [0.15, 0.2) is 0 Å². The van der Waals surface area contributed by atoms with Crippen LogP contribution in [0.3, 0.4) is 0 Å². The lowest BCUT2D eigenvalue weighted by Gasteiger charge is -2.24. The molecule has 1 unspecified atom stereocenters. The van der Waals surface area contributed by atoms with E-state index in [0.29, 0.717) is 5.56 Å². The van der Waals surface area contributed by atoms with Gasteiger partial charge in [0, 0.05) is 13.0 Å². The average Bonchev–Trinajstić information content (AvgIpc) is 2.88. The van der Waals surface area contributed by atoms with Crippen molar-refractivity contribution < 1.29 is 33.0 Å². The number of aliphatic carboxylic acids is 1. The molecule has 1 heterocycles. The Morgan fingerprint density at radius 3 is 2.38 bits per heavy atom. The number of carboxylic acids is 1. The number of carboxylic acid groups (broad SMARTS) is 1. The molecule has 0 saturated carbocycles. The number of rotatable bonds is 4. The number of likely N-dealkylation sites (tertiary alicyclic amines) is 1. The molecule has 0 aromatic heterocycles. The lowest BCUT2D eigenvalue weighted by atomic mass is 10.0. The smallest absolute Gasteiger partial charge is 0.416 e. The molecule has 1 aliphatic rings. The van der Waals surface area contributed by atoms with Gasteiger partial charge in [-0.05, 0) is 24.1 Å². The highest BCUT2D eigenvalue weighted by Crippen LogP contribution is 2.29. The molecule has 1 saturated heterocycles. The molecule has 4 N–H and O–H groups in total. The van der Waals surface area contributed by atoms with Crippen molar-refractivity contribution in [3.63, 3.8) is 0 Å². The van der Waals surface area contributed by atoms with Crippen LogP contribution in [0.4, 0.5) is 13.2 Å². The van der Waals surface area contributed by atoms with Gasteiger partial charge in [0.1, 0.15) is 6.04 Å². The third-order valence-electron chi connectivity index (χ3n) is 3.90. The maximum atomic E-state index is 12.5. The summed E-state index contributed by atoms with van der Waals surface area (Å²) in [6, 6.07) is 1.99. The Bertz CT molecular complexity index is 618. The number of alkyl halides is 3. The molecule has 6 nitrogen and oxygen atoms in total. The van der Waals surface area contributed by atoms with Crippen molar-refractivity contribution in [3.8, 4) is 0 Å². The molecule has 1 fully saturated rings. The lowest BCUT2D eigenvalue weighted by molar-refractivity contribution is -0.148. The fourth-order valence-electron chi connectivity index (χ4n) is 2.68. The molecule has 0 radical (unpaired) electrons. The van der Waals surface area contributed by atoms with Crippen molar-refractivity contribution in [2.24, 2.45) is 5.73 Å². The predicted octanol–water partition coefficient (Wildman–Crippen LogP) is 0.622. The maximum Gasteiger partial charge on any atom is 0.416 e. The number of amides is 1. The molecule has 0 aliphatic carbocycles. The van der Waals surface area contributed by atoms with Crippen LogP contribution < -0.4 is 5.73 Å². The third-order valence-corrected chi connectivity index (χ3v) is 3.90. The standard InChI is InChI=1S/C15H17F3N2O4/c16-15(17,18)9-3-1-8(2-4-9)5-11(19)13(22)20-7-10(21)6-12(20)14(23)24/h1-4,10-12,21H,5-7,19H2,(H,23,24)/t10-,11?,12+/m1/s1. The van der Waals surface area contributed by atoms with Crippen LogP contribution in [0, 0.1) is 0 Å². The summed E-state index contributed by atoms with van der Waals surface area (Å²) in [5.74, 6) is -1.89. The second kappa shape index (κ2) is 6.78. The number of hydrogen-bond donors (Lipinski definition) is 3. The van der Waals surface area contributed by atoms with Gasteiger partial charge in [-0.25, -0.2) is 4.79 Å². The number of hydrogen-bond acceptors (Lipinski definition) is 4. The van der Waals surface area contributed by atoms with Crippen LogP contribution in [-0.4, -0.2) is 51.7 Å². The summed E-state index contributed by atoms with van der Waals surface area (Å²) in [7, 11) is 0. The maximum absolute atomic E-state index is 12.5. The minimum atomic E-state index is -4.45. The Hall–Kier alpha value is -2.13. The summed E-state index contributed by atoms with van der Waals surface area (Å²) in [5.41, 5.74) is 5.39. The number of aliphatic hydroxyl groups excluding tert-OH is 1. The van der Waals surface area contributed by atoms with Crippen molar-refractivity contribution in [2.45, 2.75) is 37.2 Å². The molecule has 1 aromatic carbocycles. The zero-order valence-electron chi connectivity index (χ0n) is 12.5. The van der Waals surface area contributed by atoms with Gasteiger partial charge in [0.05, 0.1) is 17.7 Å². The van der Waals surface area contributed by atoms with E-state index in [-0.39, 0.29) is 19.4 Å². The van der Waals surface area contributed by atoms with E-state index < -0.39 is 41.8 Å². The van der Waals surface area contributed by atoms with E-state index >= 15 is 0 Å². The van der Waals surface area contributed by atoms with Gasteiger partial charge >= 0.3 is 12.1 Å². The van der Waals surface area contributed by atoms with Gasteiger partial charge in [0.2, 0.25) is 5.91 Å². The monoisotopic (exact) mass is 346 g/mol. The highest BCUT2D eigenvalue weighted by molar-refractivity contribution is 5.87. The molecule has 1 aromatic rings. The summed E-state index contributed by atoms with van der Waals surface area (Å²) >= 11 is 0. The summed E-state index contributed by atoms with van der Waals surface area (Å²) < 4.78 is 37.5. The van der Waals surface area contributed by atoms with E-state index in [0.717, 1.165) is 17.0 Å². The molecule has 3 atom stereocenters. The molecule has 9 heteroatoms. The van der Waals surface area contributed by atoms with E-state index in [1.807, 2.05) is 0 Å². The minimum Gasteiger partial charge on any atom is -0.480 e.